The molecule has 208 valence electrons. The van der Waals surface area contributed by atoms with E-state index in [-0.39, 0.29) is 0 Å². The molecule has 0 saturated carbocycles. The van der Waals surface area contributed by atoms with Gasteiger partial charge >= 0.3 is 0 Å². The summed E-state index contributed by atoms with van der Waals surface area (Å²) in [5.41, 5.74) is 9.33. The SMILES string of the molecule is c1ccc(-n2c3cc(-c4ccc5ccccc5c4)ccc3c3c4ccccc4c(-c4cccc(C5=NCCO5)c4)cc32)cc1. The normalized spacial score (nSPS) is 13.1. The van der Waals surface area contributed by atoms with E-state index in [0.29, 0.717) is 13.2 Å². The van der Waals surface area contributed by atoms with Gasteiger partial charge in [-0.3, -0.25) is 0 Å². The topological polar surface area (TPSA) is 26.5 Å². The average Bonchev–Trinajstić information content (AvgIpc) is 3.75. The first-order valence-corrected chi connectivity index (χ1v) is 15.1. The van der Waals surface area contributed by atoms with Crippen molar-refractivity contribution in [2.45, 2.75) is 0 Å². The molecule has 0 spiro atoms. The molecule has 9 rings (SSSR count). The minimum absolute atomic E-state index is 0.646. The molecule has 0 radical (unpaired) electrons. The van der Waals surface area contributed by atoms with Crippen molar-refractivity contribution in [2.24, 2.45) is 4.99 Å². The third kappa shape index (κ3) is 3.94. The summed E-state index contributed by atoms with van der Waals surface area (Å²) in [7, 11) is 0. The Hall–Kier alpha value is -5.67. The van der Waals surface area contributed by atoms with Gasteiger partial charge in [0.1, 0.15) is 6.61 Å². The van der Waals surface area contributed by atoms with Crippen LogP contribution < -0.4 is 0 Å². The largest absolute Gasteiger partial charge is 0.476 e. The van der Waals surface area contributed by atoms with E-state index in [1.807, 2.05) is 0 Å². The van der Waals surface area contributed by atoms with E-state index in [2.05, 4.69) is 155 Å². The zero-order valence-corrected chi connectivity index (χ0v) is 24.1. The number of aromatic nitrogens is 1. The molecule has 1 aliphatic rings. The van der Waals surface area contributed by atoms with E-state index in [1.54, 1.807) is 0 Å². The zero-order valence-electron chi connectivity index (χ0n) is 24.1. The van der Waals surface area contributed by atoms with Crippen LogP contribution in [0.3, 0.4) is 0 Å². The van der Waals surface area contributed by atoms with Crippen LogP contribution >= 0.6 is 0 Å². The molecule has 7 aromatic carbocycles. The molecule has 0 unspecified atom stereocenters. The van der Waals surface area contributed by atoms with Crippen molar-refractivity contribution < 1.29 is 4.74 Å². The lowest BCUT2D eigenvalue weighted by Crippen LogP contribution is -2.01. The van der Waals surface area contributed by atoms with E-state index >= 15 is 0 Å². The highest BCUT2D eigenvalue weighted by molar-refractivity contribution is 6.24. The average molecular weight is 565 g/mol. The van der Waals surface area contributed by atoms with Gasteiger partial charge in [0.2, 0.25) is 5.90 Å². The summed E-state index contributed by atoms with van der Waals surface area (Å²) in [6, 6.07) is 52.7. The van der Waals surface area contributed by atoms with E-state index in [0.717, 1.165) is 22.7 Å². The van der Waals surface area contributed by atoms with E-state index in [4.69, 9.17) is 4.74 Å². The van der Waals surface area contributed by atoms with Crippen molar-refractivity contribution in [3.8, 4) is 27.9 Å². The molecular weight excluding hydrogens is 536 g/mol. The lowest BCUT2D eigenvalue weighted by atomic mass is 9.93. The highest BCUT2D eigenvalue weighted by Crippen LogP contribution is 2.42. The summed E-state index contributed by atoms with van der Waals surface area (Å²) in [6.45, 7) is 1.36. The van der Waals surface area contributed by atoms with Crippen LogP contribution in [0.1, 0.15) is 5.56 Å². The molecular formula is C41H28N2O. The number of benzene rings is 7. The van der Waals surface area contributed by atoms with Crippen LogP contribution in [0.2, 0.25) is 0 Å². The van der Waals surface area contributed by atoms with Crippen LogP contribution in [0.15, 0.2) is 151 Å². The Morgan fingerprint density at radius 1 is 0.500 bits per heavy atom. The van der Waals surface area contributed by atoms with E-state index < -0.39 is 0 Å². The number of nitrogens with zero attached hydrogens (tertiary/aromatic N) is 2. The maximum Gasteiger partial charge on any atom is 0.216 e. The number of hydrogen-bond acceptors (Lipinski definition) is 2. The second-order valence-corrected chi connectivity index (χ2v) is 11.4. The summed E-state index contributed by atoms with van der Waals surface area (Å²) < 4.78 is 8.25. The summed E-state index contributed by atoms with van der Waals surface area (Å²) in [5, 5.41) is 7.51. The first-order chi connectivity index (χ1) is 21.8. The van der Waals surface area contributed by atoms with Crippen molar-refractivity contribution >= 4 is 49.2 Å². The smallest absolute Gasteiger partial charge is 0.216 e. The van der Waals surface area contributed by atoms with Crippen LogP contribution in [-0.2, 0) is 4.74 Å². The number of para-hydroxylation sites is 1. The fraction of sp³-hybridized carbons (Fsp3) is 0.0488. The van der Waals surface area contributed by atoms with Gasteiger partial charge in [-0.05, 0) is 86.3 Å². The first kappa shape index (κ1) is 24.9. The molecule has 1 aliphatic heterocycles. The fourth-order valence-corrected chi connectivity index (χ4v) is 6.85. The molecule has 0 aliphatic carbocycles. The van der Waals surface area contributed by atoms with Gasteiger partial charge in [-0.2, -0.15) is 0 Å². The third-order valence-electron chi connectivity index (χ3n) is 8.88. The summed E-state index contributed by atoms with van der Waals surface area (Å²) in [4.78, 5) is 4.58. The van der Waals surface area contributed by atoms with Gasteiger partial charge in [0.25, 0.3) is 0 Å². The van der Waals surface area contributed by atoms with Gasteiger partial charge in [0.15, 0.2) is 0 Å². The van der Waals surface area contributed by atoms with Crippen molar-refractivity contribution in [1.29, 1.82) is 0 Å². The standard InChI is InChI=1S/C41H28N2O/c1-2-13-33(14-3-1)43-38-25-30(29-18-17-27-9-4-5-10-28(27)23-29)19-20-36(38)40-35-16-7-6-15-34(35)37(26-39(40)43)31-11-8-12-32(24-31)41-42-21-22-44-41/h1-20,23-26H,21-22H2. The molecule has 8 aromatic rings. The Morgan fingerprint density at radius 2 is 1.25 bits per heavy atom. The maximum atomic E-state index is 5.82. The third-order valence-corrected chi connectivity index (χ3v) is 8.88. The van der Waals surface area contributed by atoms with Crippen LogP contribution in [0.5, 0.6) is 0 Å². The minimum Gasteiger partial charge on any atom is -0.476 e. The summed E-state index contributed by atoms with van der Waals surface area (Å²) in [6.07, 6.45) is 0. The Balaban J connectivity index is 1.35. The molecule has 0 fully saturated rings. The molecule has 2 heterocycles. The highest BCUT2D eigenvalue weighted by atomic mass is 16.5. The molecule has 3 nitrogen and oxygen atoms in total. The van der Waals surface area contributed by atoms with Gasteiger partial charge in [0, 0.05) is 22.0 Å². The van der Waals surface area contributed by atoms with Gasteiger partial charge in [-0.1, -0.05) is 103 Å². The molecule has 3 heteroatoms. The van der Waals surface area contributed by atoms with Gasteiger partial charge in [0.05, 0.1) is 17.6 Å². The van der Waals surface area contributed by atoms with Crippen LogP contribution in [0.4, 0.5) is 0 Å². The van der Waals surface area contributed by atoms with Crippen molar-refractivity contribution in [3.63, 3.8) is 0 Å². The minimum atomic E-state index is 0.646. The highest BCUT2D eigenvalue weighted by Gasteiger charge is 2.19. The van der Waals surface area contributed by atoms with Crippen LogP contribution in [0.25, 0.3) is 71.3 Å². The monoisotopic (exact) mass is 564 g/mol. The van der Waals surface area contributed by atoms with E-state index in [1.165, 1.54) is 60.0 Å². The first-order valence-electron chi connectivity index (χ1n) is 15.1. The van der Waals surface area contributed by atoms with Gasteiger partial charge in [-0.25, -0.2) is 4.99 Å². The predicted octanol–water partition coefficient (Wildman–Crippen LogP) is 10.2. The van der Waals surface area contributed by atoms with Crippen LogP contribution in [-0.4, -0.2) is 23.6 Å². The Bertz CT molecular complexity index is 2420. The molecule has 44 heavy (non-hydrogen) atoms. The summed E-state index contributed by atoms with van der Waals surface area (Å²) in [5.74, 6) is 0.733. The molecule has 0 atom stereocenters. The molecule has 0 N–H and O–H groups in total. The molecule has 0 saturated heterocycles. The van der Waals surface area contributed by atoms with Crippen LogP contribution in [0, 0.1) is 0 Å². The summed E-state index contributed by atoms with van der Waals surface area (Å²) >= 11 is 0. The Morgan fingerprint density at radius 3 is 2.11 bits per heavy atom. The lowest BCUT2D eigenvalue weighted by Gasteiger charge is -2.13. The predicted molar refractivity (Wildman–Crippen MR) is 184 cm³/mol. The van der Waals surface area contributed by atoms with Gasteiger partial charge < -0.3 is 9.30 Å². The van der Waals surface area contributed by atoms with Gasteiger partial charge in [-0.15, -0.1) is 0 Å². The van der Waals surface area contributed by atoms with Crippen molar-refractivity contribution in [1.82, 2.24) is 4.57 Å². The number of aliphatic imine (C=N–C) groups is 1. The number of fused-ring (bicyclic) bond motifs is 6. The maximum absolute atomic E-state index is 5.82. The second kappa shape index (κ2) is 9.96. The Kier molecular flexibility index (Phi) is 5.63. The molecule has 0 amide bonds. The zero-order chi connectivity index (χ0) is 29.0. The van der Waals surface area contributed by atoms with Crippen molar-refractivity contribution in [2.75, 3.05) is 13.2 Å². The van der Waals surface area contributed by atoms with E-state index in [9.17, 15) is 0 Å². The molecule has 1 aromatic heterocycles. The second-order valence-electron chi connectivity index (χ2n) is 11.4. The molecule has 0 bridgehead atoms. The van der Waals surface area contributed by atoms with Crippen molar-refractivity contribution in [3.05, 3.63) is 151 Å². The Labute approximate surface area is 255 Å². The number of ether oxygens (including phenoxy) is 1. The number of rotatable bonds is 4. The quantitative estimate of drug-likeness (QED) is 0.209. The fourth-order valence-electron chi connectivity index (χ4n) is 6.85. The lowest BCUT2D eigenvalue weighted by molar-refractivity contribution is 0.348. The number of hydrogen-bond donors (Lipinski definition) is 0.